The van der Waals surface area contributed by atoms with Gasteiger partial charge in [0, 0.05) is 31.7 Å². The van der Waals surface area contributed by atoms with Crippen molar-refractivity contribution in [2.75, 3.05) is 33.9 Å². The third kappa shape index (κ3) is 6.21. The lowest BCUT2D eigenvalue weighted by molar-refractivity contribution is -0.134. The van der Waals surface area contributed by atoms with E-state index in [1.165, 1.54) is 5.56 Å². The van der Waals surface area contributed by atoms with E-state index in [0.717, 1.165) is 18.4 Å². The first kappa shape index (κ1) is 22.6. The predicted octanol–water partition coefficient (Wildman–Crippen LogP) is 2.14. The Kier molecular flexibility index (Phi) is 8.29. The smallest absolute Gasteiger partial charge is 0.237 e. The van der Waals surface area contributed by atoms with Crippen LogP contribution in [-0.2, 0) is 22.6 Å². The summed E-state index contributed by atoms with van der Waals surface area (Å²) in [4.78, 5) is 27.1. The topological polar surface area (TPSA) is 79.9 Å². The molecule has 1 fully saturated rings. The van der Waals surface area contributed by atoms with Gasteiger partial charge in [-0.3, -0.25) is 14.5 Å². The predicted molar refractivity (Wildman–Crippen MR) is 119 cm³/mol. The van der Waals surface area contributed by atoms with Gasteiger partial charge in [-0.25, -0.2) is 0 Å². The lowest BCUT2D eigenvalue weighted by Crippen LogP contribution is -2.56. The normalized spacial score (nSPS) is 16.5. The van der Waals surface area contributed by atoms with E-state index in [1.54, 1.807) is 14.2 Å². The molecule has 3 rings (SSSR count). The molecule has 1 atom stereocenters. The summed E-state index contributed by atoms with van der Waals surface area (Å²) in [6.07, 6.45) is 1.90. The molecule has 31 heavy (non-hydrogen) atoms. The molecule has 0 aliphatic carbocycles. The Balaban J connectivity index is 1.57. The van der Waals surface area contributed by atoms with Crippen LogP contribution in [0.4, 0.5) is 0 Å². The van der Waals surface area contributed by atoms with E-state index in [0.29, 0.717) is 37.7 Å². The molecule has 0 radical (unpaired) electrons. The van der Waals surface area contributed by atoms with Crippen molar-refractivity contribution in [3.8, 4) is 11.5 Å². The number of methoxy groups -OCH3 is 2. The zero-order valence-corrected chi connectivity index (χ0v) is 18.2. The van der Waals surface area contributed by atoms with Crippen molar-refractivity contribution >= 4 is 11.8 Å². The zero-order chi connectivity index (χ0) is 22.1. The molecular formula is C24H31N3O4. The van der Waals surface area contributed by atoms with E-state index in [9.17, 15) is 9.59 Å². The van der Waals surface area contributed by atoms with Gasteiger partial charge < -0.3 is 20.1 Å². The largest absolute Gasteiger partial charge is 0.493 e. The molecule has 0 bridgehead atoms. The van der Waals surface area contributed by atoms with E-state index >= 15 is 0 Å². The highest BCUT2D eigenvalue weighted by molar-refractivity contribution is 5.88. The van der Waals surface area contributed by atoms with Crippen molar-refractivity contribution in [1.82, 2.24) is 15.5 Å². The van der Waals surface area contributed by atoms with Gasteiger partial charge in [0.15, 0.2) is 11.5 Å². The quantitative estimate of drug-likeness (QED) is 0.570. The van der Waals surface area contributed by atoms with Gasteiger partial charge in [-0.2, -0.15) is 0 Å². The molecule has 0 spiro atoms. The van der Waals surface area contributed by atoms with E-state index in [1.807, 2.05) is 41.3 Å². The van der Waals surface area contributed by atoms with Crippen LogP contribution in [0, 0.1) is 0 Å². The Labute approximate surface area is 183 Å². The summed E-state index contributed by atoms with van der Waals surface area (Å²) in [5.41, 5.74) is 2.17. The fourth-order valence-electron chi connectivity index (χ4n) is 3.88. The number of rotatable bonds is 10. The zero-order valence-electron chi connectivity index (χ0n) is 18.2. The molecule has 2 aromatic rings. The van der Waals surface area contributed by atoms with Gasteiger partial charge in [0.05, 0.1) is 26.7 Å². The summed E-state index contributed by atoms with van der Waals surface area (Å²) in [5.74, 6) is 1.07. The second-order valence-electron chi connectivity index (χ2n) is 7.57. The number of benzene rings is 2. The molecule has 2 amide bonds. The summed E-state index contributed by atoms with van der Waals surface area (Å²) in [7, 11) is 3.20. The Morgan fingerprint density at radius 3 is 2.68 bits per heavy atom. The van der Waals surface area contributed by atoms with E-state index < -0.39 is 6.04 Å². The van der Waals surface area contributed by atoms with E-state index in [2.05, 4.69) is 22.8 Å². The Hall–Kier alpha value is -3.06. The molecule has 1 aliphatic heterocycles. The molecule has 1 saturated heterocycles. The SMILES string of the molecule is COc1cccc(CN2CCNC(=O)C2CC(=O)NCCCc2ccccc2)c1OC. The van der Waals surface area contributed by atoms with Gasteiger partial charge >= 0.3 is 0 Å². The minimum atomic E-state index is -0.515. The molecule has 7 heteroatoms. The standard InChI is InChI=1S/C24H31N3O4/c1-30-21-12-6-11-19(23(21)31-2)17-27-15-14-26-24(29)20(27)16-22(28)25-13-7-10-18-8-4-3-5-9-18/h3-6,8-9,11-12,20H,7,10,13-17H2,1-2H3,(H,25,28)(H,26,29). The number of ether oxygens (including phenoxy) is 2. The number of amides is 2. The van der Waals surface area contributed by atoms with Gasteiger partial charge in [-0.05, 0) is 24.5 Å². The number of para-hydroxylation sites is 1. The van der Waals surface area contributed by atoms with Crippen molar-refractivity contribution in [2.24, 2.45) is 0 Å². The third-order valence-electron chi connectivity index (χ3n) is 5.49. The van der Waals surface area contributed by atoms with Crippen LogP contribution in [-0.4, -0.2) is 56.6 Å². The fraction of sp³-hybridized carbons (Fsp3) is 0.417. The van der Waals surface area contributed by atoms with Crippen molar-refractivity contribution in [1.29, 1.82) is 0 Å². The van der Waals surface area contributed by atoms with Crippen LogP contribution in [0.25, 0.3) is 0 Å². The molecule has 1 aliphatic rings. The second-order valence-corrected chi connectivity index (χ2v) is 7.57. The minimum Gasteiger partial charge on any atom is -0.493 e. The van der Waals surface area contributed by atoms with E-state index in [-0.39, 0.29) is 18.2 Å². The molecule has 1 heterocycles. The highest BCUT2D eigenvalue weighted by Gasteiger charge is 2.32. The summed E-state index contributed by atoms with van der Waals surface area (Å²) >= 11 is 0. The lowest BCUT2D eigenvalue weighted by atomic mass is 10.1. The number of hydrogen-bond donors (Lipinski definition) is 2. The minimum absolute atomic E-state index is 0.113. The second kappa shape index (κ2) is 11.4. The van der Waals surface area contributed by atoms with Gasteiger partial charge in [0.25, 0.3) is 0 Å². The molecule has 0 saturated carbocycles. The maximum absolute atomic E-state index is 12.5. The molecule has 0 aromatic heterocycles. The van der Waals surface area contributed by atoms with E-state index in [4.69, 9.17) is 9.47 Å². The summed E-state index contributed by atoms with van der Waals surface area (Å²) < 4.78 is 10.9. The number of carbonyl (C=O) groups excluding carboxylic acids is 2. The number of hydrogen-bond acceptors (Lipinski definition) is 5. The number of aryl methyl sites for hydroxylation is 1. The molecule has 2 N–H and O–H groups in total. The Morgan fingerprint density at radius 1 is 1.13 bits per heavy atom. The average molecular weight is 426 g/mol. The fourth-order valence-corrected chi connectivity index (χ4v) is 3.88. The molecule has 1 unspecified atom stereocenters. The number of piperazine rings is 1. The highest BCUT2D eigenvalue weighted by Crippen LogP contribution is 2.32. The first-order valence-corrected chi connectivity index (χ1v) is 10.6. The molecule has 166 valence electrons. The Bertz CT molecular complexity index is 872. The number of nitrogens with one attached hydrogen (secondary N) is 2. The summed E-state index contributed by atoms with van der Waals surface area (Å²) in [6.45, 7) is 2.31. The van der Waals surface area contributed by atoms with Crippen LogP contribution in [0.2, 0.25) is 0 Å². The average Bonchev–Trinajstić information content (AvgIpc) is 2.79. The highest BCUT2D eigenvalue weighted by atomic mass is 16.5. The van der Waals surface area contributed by atoms with Crippen LogP contribution < -0.4 is 20.1 Å². The van der Waals surface area contributed by atoms with Gasteiger partial charge in [0.2, 0.25) is 11.8 Å². The number of carbonyl (C=O) groups is 2. The molecule has 7 nitrogen and oxygen atoms in total. The molecule has 2 aromatic carbocycles. The van der Waals surface area contributed by atoms with Crippen LogP contribution in [0.1, 0.15) is 24.0 Å². The molecular weight excluding hydrogens is 394 g/mol. The maximum atomic E-state index is 12.5. The van der Waals surface area contributed by atoms with Gasteiger partial charge in [-0.1, -0.05) is 42.5 Å². The van der Waals surface area contributed by atoms with Crippen molar-refractivity contribution in [2.45, 2.75) is 31.8 Å². The number of nitrogens with zero attached hydrogens (tertiary/aromatic N) is 1. The first-order chi connectivity index (χ1) is 15.1. The summed E-state index contributed by atoms with van der Waals surface area (Å²) in [5, 5.41) is 5.83. The van der Waals surface area contributed by atoms with Crippen LogP contribution >= 0.6 is 0 Å². The van der Waals surface area contributed by atoms with Crippen LogP contribution in [0.3, 0.4) is 0 Å². The summed E-state index contributed by atoms with van der Waals surface area (Å²) in [6, 6.07) is 15.4. The lowest BCUT2D eigenvalue weighted by Gasteiger charge is -2.35. The van der Waals surface area contributed by atoms with Crippen LogP contribution in [0.15, 0.2) is 48.5 Å². The van der Waals surface area contributed by atoms with Crippen LogP contribution in [0.5, 0.6) is 11.5 Å². The van der Waals surface area contributed by atoms with Crippen molar-refractivity contribution in [3.63, 3.8) is 0 Å². The van der Waals surface area contributed by atoms with Crippen molar-refractivity contribution in [3.05, 3.63) is 59.7 Å². The van der Waals surface area contributed by atoms with Gasteiger partial charge in [-0.15, -0.1) is 0 Å². The Morgan fingerprint density at radius 2 is 1.94 bits per heavy atom. The first-order valence-electron chi connectivity index (χ1n) is 10.6. The third-order valence-corrected chi connectivity index (χ3v) is 5.49. The monoisotopic (exact) mass is 425 g/mol. The maximum Gasteiger partial charge on any atom is 0.237 e. The van der Waals surface area contributed by atoms with Crippen molar-refractivity contribution < 1.29 is 19.1 Å². The van der Waals surface area contributed by atoms with Gasteiger partial charge in [0.1, 0.15) is 0 Å².